The summed E-state index contributed by atoms with van der Waals surface area (Å²) in [5.41, 5.74) is 9.54. The molecular weight excluding hydrogens is 456 g/mol. The number of hydrogen-bond donors (Lipinski definition) is 2. The first kappa shape index (κ1) is 24.8. The number of nitrogens with one attached hydrogen (secondary N) is 1. The Hall–Kier alpha value is -4.33. The topological polar surface area (TPSA) is 109 Å². The van der Waals surface area contributed by atoms with E-state index in [2.05, 4.69) is 0 Å². The molecule has 36 heavy (non-hydrogen) atoms. The monoisotopic (exact) mass is 486 g/mol. The van der Waals surface area contributed by atoms with Crippen molar-refractivity contribution in [1.82, 2.24) is 9.80 Å². The van der Waals surface area contributed by atoms with Crippen molar-refractivity contribution in [1.29, 1.82) is 5.41 Å². The molecule has 0 saturated carbocycles. The van der Waals surface area contributed by atoms with Gasteiger partial charge in [-0.05, 0) is 30.2 Å². The summed E-state index contributed by atoms with van der Waals surface area (Å²) in [5, 5.41) is 7.61. The Morgan fingerprint density at radius 1 is 0.917 bits per heavy atom. The van der Waals surface area contributed by atoms with Crippen LogP contribution >= 0.6 is 0 Å². The fraction of sp³-hybridized carbons (Fsp3) is 0.250. The highest BCUT2D eigenvalue weighted by molar-refractivity contribution is 6.04. The van der Waals surface area contributed by atoms with Crippen molar-refractivity contribution < 1.29 is 19.1 Å². The van der Waals surface area contributed by atoms with Crippen LogP contribution in [0.15, 0.2) is 66.7 Å². The van der Waals surface area contributed by atoms with Crippen LogP contribution < -0.4 is 15.2 Å². The molecule has 1 atom stereocenters. The summed E-state index contributed by atoms with van der Waals surface area (Å²) in [7, 11) is 3.18. The molecule has 3 aromatic carbocycles. The molecule has 3 aromatic rings. The summed E-state index contributed by atoms with van der Waals surface area (Å²) < 4.78 is 11.1. The number of benzene rings is 3. The highest BCUT2D eigenvalue weighted by Gasteiger charge is 2.45. The number of carbonyl (C=O) groups excluding carboxylic acids is 2. The maximum Gasteiger partial charge on any atom is 0.328 e. The molecule has 8 nitrogen and oxygen atoms in total. The molecular formula is C28H30N4O4. The maximum absolute atomic E-state index is 13.6. The van der Waals surface area contributed by atoms with Crippen LogP contribution in [0.1, 0.15) is 27.8 Å². The number of nitrogen functional groups attached to an aromatic ring is 1. The summed E-state index contributed by atoms with van der Waals surface area (Å²) in [5.74, 6) is 1.04. The zero-order chi connectivity index (χ0) is 25.8. The summed E-state index contributed by atoms with van der Waals surface area (Å²) in [4.78, 5) is 30.1. The van der Waals surface area contributed by atoms with E-state index >= 15 is 0 Å². The molecule has 8 heteroatoms. The zero-order valence-electron chi connectivity index (χ0n) is 20.7. The molecule has 0 spiro atoms. The molecule has 3 amide bonds. The van der Waals surface area contributed by atoms with Crippen LogP contribution in [0.2, 0.25) is 0 Å². The Morgan fingerprint density at radius 3 is 2.22 bits per heavy atom. The first-order valence-corrected chi connectivity index (χ1v) is 11.6. The average molecular weight is 487 g/mol. The van der Waals surface area contributed by atoms with Gasteiger partial charge < -0.3 is 20.1 Å². The summed E-state index contributed by atoms with van der Waals surface area (Å²) in [6.07, 6.45) is 0.339. The number of hydrogen-bond acceptors (Lipinski definition) is 5. The minimum Gasteiger partial charge on any atom is -0.496 e. The fourth-order valence-corrected chi connectivity index (χ4v) is 4.57. The van der Waals surface area contributed by atoms with Gasteiger partial charge in [-0.3, -0.25) is 15.1 Å². The van der Waals surface area contributed by atoms with E-state index in [-0.39, 0.29) is 30.9 Å². The molecule has 0 unspecified atom stereocenters. The molecule has 1 heterocycles. The van der Waals surface area contributed by atoms with Gasteiger partial charge in [-0.25, -0.2) is 4.79 Å². The minimum atomic E-state index is -0.684. The number of nitrogens with two attached hydrogens (primary N) is 1. The van der Waals surface area contributed by atoms with Gasteiger partial charge in [0.1, 0.15) is 23.4 Å². The Kier molecular flexibility index (Phi) is 7.24. The quantitative estimate of drug-likeness (QED) is 0.271. The second-order valence-corrected chi connectivity index (χ2v) is 8.74. The number of nitrogens with zero attached hydrogens (tertiary/aromatic N) is 2. The number of urea groups is 1. The molecule has 3 N–H and O–H groups in total. The molecule has 4 rings (SSSR count). The van der Waals surface area contributed by atoms with Crippen molar-refractivity contribution in [3.63, 3.8) is 0 Å². The van der Waals surface area contributed by atoms with E-state index in [0.29, 0.717) is 23.5 Å². The summed E-state index contributed by atoms with van der Waals surface area (Å²) in [6.45, 7) is 2.31. The van der Waals surface area contributed by atoms with E-state index in [1.54, 1.807) is 31.3 Å². The van der Waals surface area contributed by atoms with Gasteiger partial charge in [-0.2, -0.15) is 0 Å². The second-order valence-electron chi connectivity index (χ2n) is 8.74. The number of amidine groups is 1. The lowest BCUT2D eigenvalue weighted by atomic mass is 10.0. The van der Waals surface area contributed by atoms with Gasteiger partial charge in [-0.15, -0.1) is 0 Å². The molecule has 1 saturated heterocycles. The number of ether oxygens (including phenoxy) is 2. The number of amides is 3. The van der Waals surface area contributed by atoms with E-state index in [0.717, 1.165) is 22.3 Å². The van der Waals surface area contributed by atoms with Crippen molar-refractivity contribution >= 4 is 17.8 Å². The molecule has 0 radical (unpaired) electrons. The second kappa shape index (κ2) is 10.5. The van der Waals surface area contributed by atoms with Gasteiger partial charge >= 0.3 is 6.03 Å². The summed E-state index contributed by atoms with van der Waals surface area (Å²) >= 11 is 0. The molecule has 1 aliphatic rings. The predicted molar refractivity (Wildman–Crippen MR) is 137 cm³/mol. The minimum absolute atomic E-state index is 0.0219. The van der Waals surface area contributed by atoms with Crippen molar-refractivity contribution in [2.45, 2.75) is 32.5 Å². The van der Waals surface area contributed by atoms with Crippen LogP contribution in [0.4, 0.5) is 4.79 Å². The van der Waals surface area contributed by atoms with Gasteiger partial charge in [-0.1, -0.05) is 54.6 Å². The molecule has 186 valence electrons. The number of carbonyl (C=O) groups is 2. The molecule has 1 fully saturated rings. The number of methoxy groups -OCH3 is 2. The van der Waals surface area contributed by atoms with E-state index < -0.39 is 6.04 Å². The third-order valence-electron chi connectivity index (χ3n) is 6.48. The molecule has 0 aliphatic carbocycles. The van der Waals surface area contributed by atoms with Crippen LogP contribution in [0.5, 0.6) is 11.5 Å². The van der Waals surface area contributed by atoms with Gasteiger partial charge in [0.15, 0.2) is 0 Å². The lowest BCUT2D eigenvalue weighted by molar-refractivity contribution is -0.128. The summed E-state index contributed by atoms with van der Waals surface area (Å²) in [6, 6.07) is 19.3. The smallest absolute Gasteiger partial charge is 0.328 e. The zero-order valence-corrected chi connectivity index (χ0v) is 20.7. The lowest BCUT2D eigenvalue weighted by Crippen LogP contribution is -2.36. The largest absolute Gasteiger partial charge is 0.496 e. The van der Waals surface area contributed by atoms with E-state index in [1.807, 2.05) is 61.5 Å². The average Bonchev–Trinajstić information content (AvgIpc) is 3.09. The normalized spacial score (nSPS) is 15.4. The Balaban J connectivity index is 1.67. The Morgan fingerprint density at radius 2 is 1.61 bits per heavy atom. The Bertz CT molecular complexity index is 1270. The van der Waals surface area contributed by atoms with E-state index in [4.69, 9.17) is 20.6 Å². The van der Waals surface area contributed by atoms with Gasteiger partial charge in [0.25, 0.3) is 5.91 Å². The van der Waals surface area contributed by atoms with Crippen LogP contribution in [0, 0.1) is 12.3 Å². The standard InChI is InChI=1S/C28H30N4O4/c1-18-24(35-2)14-13-22(25(18)36-3)17-31-23(15-19-9-11-21(12-10-19)26(29)30)27(33)32(28(31)34)16-20-7-5-4-6-8-20/h4-14,23H,15-17H2,1-3H3,(H3,29,30)/t23-/m0/s1. The highest BCUT2D eigenvalue weighted by atomic mass is 16.5. The molecule has 0 bridgehead atoms. The number of rotatable bonds is 9. The van der Waals surface area contributed by atoms with Crippen molar-refractivity contribution in [2.24, 2.45) is 5.73 Å². The van der Waals surface area contributed by atoms with Gasteiger partial charge in [0.2, 0.25) is 0 Å². The predicted octanol–water partition coefficient (Wildman–Crippen LogP) is 3.87. The number of imide groups is 1. The third-order valence-corrected chi connectivity index (χ3v) is 6.48. The van der Waals surface area contributed by atoms with E-state index in [9.17, 15) is 9.59 Å². The lowest BCUT2D eigenvalue weighted by Gasteiger charge is -2.24. The first-order valence-electron chi connectivity index (χ1n) is 11.6. The van der Waals surface area contributed by atoms with Crippen LogP contribution in [0.25, 0.3) is 0 Å². The molecule has 0 aromatic heterocycles. The van der Waals surface area contributed by atoms with Crippen LogP contribution in [-0.2, 0) is 24.3 Å². The SMILES string of the molecule is COc1ccc(CN2C(=O)N(Cc3ccccc3)C(=O)[C@@H]2Cc2ccc(C(=N)N)cc2)c(OC)c1C. The van der Waals surface area contributed by atoms with Gasteiger partial charge in [0.05, 0.1) is 27.3 Å². The van der Waals surface area contributed by atoms with Crippen molar-refractivity contribution in [2.75, 3.05) is 14.2 Å². The fourth-order valence-electron chi connectivity index (χ4n) is 4.57. The van der Waals surface area contributed by atoms with Crippen molar-refractivity contribution in [3.05, 3.63) is 94.5 Å². The van der Waals surface area contributed by atoms with Crippen LogP contribution in [0.3, 0.4) is 0 Å². The van der Waals surface area contributed by atoms with Gasteiger partial charge in [0, 0.05) is 23.1 Å². The van der Waals surface area contributed by atoms with Crippen molar-refractivity contribution in [3.8, 4) is 11.5 Å². The Labute approximate surface area is 210 Å². The third kappa shape index (κ3) is 4.88. The van der Waals surface area contributed by atoms with Crippen LogP contribution in [-0.4, -0.2) is 47.8 Å². The molecule has 1 aliphatic heterocycles. The maximum atomic E-state index is 13.6. The first-order chi connectivity index (χ1) is 17.3. The van der Waals surface area contributed by atoms with E-state index in [1.165, 1.54) is 4.90 Å². The highest BCUT2D eigenvalue weighted by Crippen LogP contribution is 2.34.